The molecule has 104 valence electrons. The van der Waals surface area contributed by atoms with Crippen molar-refractivity contribution in [2.75, 3.05) is 5.32 Å². The molecule has 0 unspecified atom stereocenters. The van der Waals surface area contributed by atoms with Gasteiger partial charge in [-0.25, -0.2) is 4.79 Å². The van der Waals surface area contributed by atoms with Crippen molar-refractivity contribution in [3.05, 3.63) is 38.1 Å². The number of carbonyl (C=O) groups is 1. The first-order chi connectivity index (χ1) is 9.61. The Bertz CT molecular complexity index is 758. The highest BCUT2D eigenvalue weighted by atomic mass is 32.1. The van der Waals surface area contributed by atoms with Gasteiger partial charge in [-0.15, -0.1) is 10.2 Å². The molecule has 2 N–H and O–H groups in total. The van der Waals surface area contributed by atoms with Gasteiger partial charge in [0.05, 0.1) is 0 Å². The van der Waals surface area contributed by atoms with E-state index in [0.717, 1.165) is 22.4 Å². The molecule has 2 aromatic rings. The van der Waals surface area contributed by atoms with Gasteiger partial charge >= 0.3 is 5.69 Å². The molecule has 9 heteroatoms. The fourth-order valence-electron chi connectivity index (χ4n) is 1.66. The first-order valence-corrected chi connectivity index (χ1v) is 6.86. The van der Waals surface area contributed by atoms with Gasteiger partial charge in [0, 0.05) is 18.2 Å². The smallest absolute Gasteiger partial charge is 0.299 e. The largest absolute Gasteiger partial charge is 0.328 e. The van der Waals surface area contributed by atoms with E-state index in [1.165, 1.54) is 23.6 Å². The standard InChI is InChI=1S/C11H11N5O3S/c17-7-3-4-16(11(19)13-7)5-8(18)12-10-15-14-9(20-10)6-1-2-6/h3-4,6H,1-2,5H2,(H,12,15,18)(H,13,17,19). The van der Waals surface area contributed by atoms with E-state index < -0.39 is 17.2 Å². The second-order valence-electron chi connectivity index (χ2n) is 4.51. The molecule has 0 aliphatic heterocycles. The summed E-state index contributed by atoms with van der Waals surface area (Å²) in [7, 11) is 0. The molecule has 1 fully saturated rings. The number of aromatic nitrogens is 4. The van der Waals surface area contributed by atoms with Gasteiger partial charge in [-0.1, -0.05) is 11.3 Å². The number of amides is 1. The second-order valence-corrected chi connectivity index (χ2v) is 5.52. The van der Waals surface area contributed by atoms with E-state index in [1.807, 2.05) is 0 Å². The summed E-state index contributed by atoms with van der Waals surface area (Å²) in [6.45, 7) is -0.187. The first-order valence-electron chi connectivity index (χ1n) is 6.05. The minimum atomic E-state index is -0.622. The van der Waals surface area contributed by atoms with E-state index in [1.54, 1.807) is 0 Å². The van der Waals surface area contributed by atoms with Crippen LogP contribution in [0.3, 0.4) is 0 Å². The minimum Gasteiger partial charge on any atom is -0.299 e. The Balaban J connectivity index is 1.66. The van der Waals surface area contributed by atoms with Crippen LogP contribution in [0.2, 0.25) is 0 Å². The Morgan fingerprint density at radius 1 is 1.45 bits per heavy atom. The summed E-state index contributed by atoms with van der Waals surface area (Å²) in [6.07, 6.45) is 3.52. The second kappa shape index (κ2) is 5.00. The summed E-state index contributed by atoms with van der Waals surface area (Å²) in [4.78, 5) is 36.2. The fraction of sp³-hybridized carbons (Fsp3) is 0.364. The number of carbonyl (C=O) groups excluding carboxylic acids is 1. The van der Waals surface area contributed by atoms with Crippen molar-refractivity contribution in [3.8, 4) is 0 Å². The first kappa shape index (κ1) is 12.7. The van der Waals surface area contributed by atoms with Crippen LogP contribution in [0.5, 0.6) is 0 Å². The summed E-state index contributed by atoms with van der Waals surface area (Å²) in [5.74, 6) is 0.0950. The Morgan fingerprint density at radius 2 is 2.25 bits per heavy atom. The van der Waals surface area contributed by atoms with Crippen molar-refractivity contribution in [1.29, 1.82) is 0 Å². The lowest BCUT2D eigenvalue weighted by molar-refractivity contribution is -0.116. The monoisotopic (exact) mass is 293 g/mol. The highest BCUT2D eigenvalue weighted by Gasteiger charge is 2.27. The summed E-state index contributed by atoms with van der Waals surface area (Å²) >= 11 is 1.35. The number of hydrogen-bond acceptors (Lipinski definition) is 6. The molecule has 1 aliphatic rings. The number of H-pyrrole nitrogens is 1. The molecule has 0 radical (unpaired) electrons. The normalized spacial score (nSPS) is 14.2. The zero-order valence-corrected chi connectivity index (χ0v) is 11.1. The van der Waals surface area contributed by atoms with E-state index in [2.05, 4.69) is 20.5 Å². The zero-order valence-electron chi connectivity index (χ0n) is 10.3. The van der Waals surface area contributed by atoms with Crippen LogP contribution < -0.4 is 16.6 Å². The molecule has 1 saturated carbocycles. The van der Waals surface area contributed by atoms with Crippen LogP contribution in [-0.4, -0.2) is 25.7 Å². The van der Waals surface area contributed by atoms with Crippen LogP contribution in [0.1, 0.15) is 23.8 Å². The molecule has 0 bridgehead atoms. The van der Waals surface area contributed by atoms with E-state index >= 15 is 0 Å². The number of anilines is 1. The molecule has 3 rings (SSSR count). The number of rotatable bonds is 4. The molecule has 0 atom stereocenters. The average molecular weight is 293 g/mol. The van der Waals surface area contributed by atoms with Crippen molar-refractivity contribution in [1.82, 2.24) is 19.7 Å². The van der Waals surface area contributed by atoms with Gasteiger partial charge in [0.2, 0.25) is 11.0 Å². The van der Waals surface area contributed by atoms with E-state index in [4.69, 9.17) is 0 Å². The molecule has 2 heterocycles. The predicted molar refractivity (Wildman–Crippen MR) is 71.8 cm³/mol. The summed E-state index contributed by atoms with van der Waals surface area (Å²) < 4.78 is 1.11. The summed E-state index contributed by atoms with van der Waals surface area (Å²) in [5.41, 5.74) is -1.12. The minimum absolute atomic E-state index is 0.187. The SMILES string of the molecule is O=C(Cn1ccc(=O)[nH]c1=O)Nc1nnc(C2CC2)s1. The number of nitrogens with one attached hydrogen (secondary N) is 2. The van der Waals surface area contributed by atoms with Gasteiger partial charge in [-0.3, -0.25) is 24.5 Å². The topological polar surface area (TPSA) is 110 Å². The maximum atomic E-state index is 11.8. The highest BCUT2D eigenvalue weighted by molar-refractivity contribution is 7.15. The zero-order chi connectivity index (χ0) is 14.1. The molecule has 0 saturated heterocycles. The van der Waals surface area contributed by atoms with Crippen LogP contribution in [0, 0.1) is 0 Å². The van der Waals surface area contributed by atoms with Crippen molar-refractivity contribution in [3.63, 3.8) is 0 Å². The molecular formula is C11H11N5O3S. The van der Waals surface area contributed by atoms with Gasteiger partial charge in [0.15, 0.2) is 0 Å². The number of nitrogens with zero attached hydrogens (tertiary/aromatic N) is 3. The Labute approximate surface area is 116 Å². The van der Waals surface area contributed by atoms with Crippen molar-refractivity contribution < 1.29 is 4.79 Å². The third-order valence-electron chi connectivity index (χ3n) is 2.82. The lowest BCUT2D eigenvalue weighted by Crippen LogP contribution is -2.32. The third kappa shape index (κ3) is 2.82. The van der Waals surface area contributed by atoms with Crippen LogP contribution in [0.15, 0.2) is 21.9 Å². The quantitative estimate of drug-likeness (QED) is 0.818. The van der Waals surface area contributed by atoms with E-state index in [9.17, 15) is 14.4 Å². The molecule has 0 spiro atoms. The number of hydrogen-bond donors (Lipinski definition) is 2. The average Bonchev–Trinajstić information content (AvgIpc) is 3.14. The summed E-state index contributed by atoms with van der Waals surface area (Å²) in [6, 6.07) is 1.19. The molecule has 1 amide bonds. The molecular weight excluding hydrogens is 282 g/mol. The third-order valence-corrected chi connectivity index (χ3v) is 3.83. The van der Waals surface area contributed by atoms with Crippen LogP contribution in [0.4, 0.5) is 5.13 Å². The molecule has 1 aliphatic carbocycles. The molecule has 8 nitrogen and oxygen atoms in total. The fourth-order valence-corrected chi connectivity index (χ4v) is 2.59. The molecule has 2 aromatic heterocycles. The molecule has 20 heavy (non-hydrogen) atoms. The lowest BCUT2D eigenvalue weighted by Gasteiger charge is -2.03. The Hall–Kier alpha value is -2.29. The highest BCUT2D eigenvalue weighted by Crippen LogP contribution is 2.41. The predicted octanol–water partition coefficient (Wildman–Crippen LogP) is -0.0958. The van der Waals surface area contributed by atoms with E-state index in [0.29, 0.717) is 11.0 Å². The van der Waals surface area contributed by atoms with Crippen LogP contribution >= 0.6 is 11.3 Å². The van der Waals surface area contributed by atoms with Gasteiger partial charge in [0.1, 0.15) is 11.6 Å². The van der Waals surface area contributed by atoms with Crippen molar-refractivity contribution in [2.45, 2.75) is 25.3 Å². The van der Waals surface area contributed by atoms with Gasteiger partial charge < -0.3 is 0 Å². The Kier molecular flexibility index (Phi) is 3.18. The maximum absolute atomic E-state index is 11.8. The lowest BCUT2D eigenvalue weighted by atomic mass is 10.5. The maximum Gasteiger partial charge on any atom is 0.328 e. The van der Waals surface area contributed by atoms with Gasteiger partial charge in [0.25, 0.3) is 5.56 Å². The van der Waals surface area contributed by atoms with E-state index in [-0.39, 0.29) is 6.54 Å². The number of aromatic amines is 1. The molecule has 0 aromatic carbocycles. The van der Waals surface area contributed by atoms with Gasteiger partial charge in [-0.05, 0) is 12.8 Å². The van der Waals surface area contributed by atoms with Crippen molar-refractivity contribution in [2.24, 2.45) is 0 Å². The van der Waals surface area contributed by atoms with Crippen LogP contribution in [0.25, 0.3) is 0 Å². The van der Waals surface area contributed by atoms with Crippen LogP contribution in [-0.2, 0) is 11.3 Å². The Morgan fingerprint density at radius 3 is 2.95 bits per heavy atom. The van der Waals surface area contributed by atoms with Crippen molar-refractivity contribution >= 4 is 22.4 Å². The van der Waals surface area contributed by atoms with Gasteiger partial charge in [-0.2, -0.15) is 0 Å². The summed E-state index contributed by atoms with van der Waals surface area (Å²) in [5, 5.41) is 11.8.